The SMILES string of the molecule is O=C(NC(CNSc1ccc2ccccc2c1)C(=O)NO)c1ccc(C#Cc2ccccc2)cc1. The third-order valence-corrected chi connectivity index (χ3v) is 6.00. The number of hydrogen-bond acceptors (Lipinski definition) is 5. The van der Waals surface area contributed by atoms with Crippen molar-refractivity contribution in [2.24, 2.45) is 0 Å². The van der Waals surface area contributed by atoms with E-state index in [0.29, 0.717) is 5.56 Å². The van der Waals surface area contributed by atoms with Crippen LogP contribution >= 0.6 is 11.9 Å². The first kappa shape index (κ1) is 24.0. The summed E-state index contributed by atoms with van der Waals surface area (Å²) in [5, 5.41) is 14.0. The molecule has 0 aliphatic heterocycles. The number of hydroxylamine groups is 1. The van der Waals surface area contributed by atoms with Gasteiger partial charge >= 0.3 is 0 Å². The summed E-state index contributed by atoms with van der Waals surface area (Å²) >= 11 is 1.34. The van der Waals surface area contributed by atoms with Gasteiger partial charge in [0.05, 0.1) is 0 Å². The summed E-state index contributed by atoms with van der Waals surface area (Å²) in [6.07, 6.45) is 0. The van der Waals surface area contributed by atoms with E-state index in [2.05, 4.69) is 21.9 Å². The average molecular weight is 482 g/mol. The number of carbonyl (C=O) groups is 2. The number of amides is 2. The predicted molar refractivity (Wildman–Crippen MR) is 138 cm³/mol. The average Bonchev–Trinajstić information content (AvgIpc) is 2.91. The van der Waals surface area contributed by atoms with Crippen molar-refractivity contribution in [1.29, 1.82) is 0 Å². The van der Waals surface area contributed by atoms with E-state index in [4.69, 9.17) is 5.21 Å². The van der Waals surface area contributed by atoms with Crippen molar-refractivity contribution >= 4 is 34.5 Å². The molecule has 0 spiro atoms. The summed E-state index contributed by atoms with van der Waals surface area (Å²) in [6, 6.07) is 29.5. The monoisotopic (exact) mass is 481 g/mol. The Hall–Kier alpha value is -4.09. The van der Waals surface area contributed by atoms with Crippen LogP contribution in [0.4, 0.5) is 0 Å². The Labute approximate surface area is 207 Å². The highest BCUT2D eigenvalue weighted by Crippen LogP contribution is 2.21. The highest BCUT2D eigenvalue weighted by atomic mass is 32.2. The lowest BCUT2D eigenvalue weighted by atomic mass is 10.1. The molecule has 174 valence electrons. The Bertz CT molecular complexity index is 1380. The first-order valence-corrected chi connectivity index (χ1v) is 11.7. The molecular weight excluding hydrogens is 458 g/mol. The number of carbonyl (C=O) groups excluding carboxylic acids is 2. The van der Waals surface area contributed by atoms with E-state index >= 15 is 0 Å². The fourth-order valence-electron chi connectivity index (χ4n) is 3.34. The van der Waals surface area contributed by atoms with Gasteiger partial charge in [-0.1, -0.05) is 60.4 Å². The Kier molecular flexibility index (Phi) is 8.15. The van der Waals surface area contributed by atoms with Gasteiger partial charge in [0.15, 0.2) is 0 Å². The second-order valence-electron chi connectivity index (χ2n) is 7.65. The maximum Gasteiger partial charge on any atom is 0.267 e. The van der Waals surface area contributed by atoms with Crippen LogP contribution in [0, 0.1) is 11.8 Å². The molecule has 2 amide bonds. The molecule has 0 saturated carbocycles. The molecule has 4 aromatic rings. The van der Waals surface area contributed by atoms with E-state index in [9.17, 15) is 9.59 Å². The van der Waals surface area contributed by atoms with Gasteiger partial charge in [-0.05, 0) is 71.3 Å². The number of nitrogens with one attached hydrogen (secondary N) is 3. The van der Waals surface area contributed by atoms with Crippen LogP contribution in [0.5, 0.6) is 0 Å². The van der Waals surface area contributed by atoms with Gasteiger partial charge in [0.25, 0.3) is 11.8 Å². The second kappa shape index (κ2) is 11.9. The predicted octanol–water partition coefficient (Wildman–Crippen LogP) is 4.14. The van der Waals surface area contributed by atoms with E-state index in [1.165, 1.54) is 11.9 Å². The molecule has 1 atom stereocenters. The Balaban J connectivity index is 1.35. The fraction of sp³-hybridized carbons (Fsp3) is 0.0714. The maximum atomic E-state index is 12.7. The smallest absolute Gasteiger partial charge is 0.267 e. The molecule has 4 N–H and O–H groups in total. The van der Waals surface area contributed by atoms with Crippen molar-refractivity contribution in [1.82, 2.24) is 15.5 Å². The molecule has 0 heterocycles. The molecule has 0 bridgehead atoms. The standard InChI is InChI=1S/C28H23N3O3S/c32-27(23-14-12-21(13-15-23)11-10-20-6-2-1-3-7-20)30-26(28(33)31-34)19-29-35-25-17-16-22-8-4-5-9-24(22)18-25/h1-9,12-18,26,29,34H,19H2,(H,30,32)(H,31,33). The van der Waals surface area contributed by atoms with Gasteiger partial charge in [-0.25, -0.2) is 5.48 Å². The maximum absolute atomic E-state index is 12.7. The number of rotatable bonds is 7. The summed E-state index contributed by atoms with van der Waals surface area (Å²) in [7, 11) is 0. The molecule has 7 heteroatoms. The van der Waals surface area contributed by atoms with E-state index in [-0.39, 0.29) is 6.54 Å². The van der Waals surface area contributed by atoms with Crippen LogP contribution in [-0.4, -0.2) is 29.6 Å². The number of hydrogen-bond donors (Lipinski definition) is 4. The fourth-order valence-corrected chi connectivity index (χ4v) is 4.08. The Morgan fingerprint density at radius 3 is 2.17 bits per heavy atom. The normalized spacial score (nSPS) is 11.2. The number of fused-ring (bicyclic) bond motifs is 1. The van der Waals surface area contributed by atoms with Crippen molar-refractivity contribution in [3.63, 3.8) is 0 Å². The molecule has 0 fully saturated rings. The summed E-state index contributed by atoms with van der Waals surface area (Å²) in [6.45, 7) is 0.107. The lowest BCUT2D eigenvalue weighted by Crippen LogP contribution is -2.50. The molecule has 0 aromatic heterocycles. The van der Waals surface area contributed by atoms with Gasteiger partial charge in [-0.15, -0.1) is 0 Å². The van der Waals surface area contributed by atoms with E-state index in [1.54, 1.807) is 29.7 Å². The van der Waals surface area contributed by atoms with E-state index in [1.807, 2.05) is 72.8 Å². The van der Waals surface area contributed by atoms with Gasteiger partial charge in [0.1, 0.15) is 6.04 Å². The molecule has 4 aromatic carbocycles. The van der Waals surface area contributed by atoms with Crippen molar-refractivity contribution in [2.45, 2.75) is 10.9 Å². The van der Waals surface area contributed by atoms with Crippen molar-refractivity contribution in [3.8, 4) is 11.8 Å². The molecule has 0 aliphatic carbocycles. The Morgan fingerprint density at radius 2 is 1.46 bits per heavy atom. The third-order valence-electron chi connectivity index (χ3n) is 5.20. The number of benzene rings is 4. The zero-order valence-corrected chi connectivity index (χ0v) is 19.5. The van der Waals surface area contributed by atoms with Crippen molar-refractivity contribution in [3.05, 3.63) is 114 Å². The zero-order chi connectivity index (χ0) is 24.5. The third kappa shape index (κ3) is 6.71. The molecule has 0 aliphatic rings. The summed E-state index contributed by atoms with van der Waals surface area (Å²) in [5.41, 5.74) is 3.67. The molecule has 0 radical (unpaired) electrons. The lowest BCUT2D eigenvalue weighted by Gasteiger charge is -2.17. The van der Waals surface area contributed by atoms with Crippen LogP contribution < -0.4 is 15.5 Å². The van der Waals surface area contributed by atoms with Crippen LogP contribution in [0.1, 0.15) is 21.5 Å². The first-order valence-electron chi connectivity index (χ1n) is 10.9. The minimum Gasteiger partial charge on any atom is -0.339 e. The molecule has 4 rings (SSSR count). The summed E-state index contributed by atoms with van der Waals surface area (Å²) in [5.74, 6) is 4.98. The van der Waals surface area contributed by atoms with Crippen LogP contribution in [0.2, 0.25) is 0 Å². The highest BCUT2D eigenvalue weighted by molar-refractivity contribution is 7.97. The lowest BCUT2D eigenvalue weighted by molar-refractivity contribution is -0.131. The highest BCUT2D eigenvalue weighted by Gasteiger charge is 2.21. The van der Waals surface area contributed by atoms with Crippen LogP contribution in [0.3, 0.4) is 0 Å². The molecule has 1 unspecified atom stereocenters. The Morgan fingerprint density at radius 1 is 0.800 bits per heavy atom. The summed E-state index contributed by atoms with van der Waals surface area (Å²) in [4.78, 5) is 25.8. The van der Waals surface area contributed by atoms with Crippen molar-refractivity contribution in [2.75, 3.05) is 6.54 Å². The molecule has 6 nitrogen and oxygen atoms in total. The molecule has 35 heavy (non-hydrogen) atoms. The van der Waals surface area contributed by atoms with Crippen LogP contribution in [0.25, 0.3) is 10.8 Å². The van der Waals surface area contributed by atoms with Gasteiger partial charge < -0.3 is 5.32 Å². The van der Waals surface area contributed by atoms with Crippen molar-refractivity contribution < 1.29 is 14.8 Å². The minimum atomic E-state index is -0.974. The minimum absolute atomic E-state index is 0.107. The topological polar surface area (TPSA) is 90.5 Å². The zero-order valence-electron chi connectivity index (χ0n) is 18.7. The summed E-state index contributed by atoms with van der Waals surface area (Å²) < 4.78 is 3.09. The van der Waals surface area contributed by atoms with Crippen LogP contribution in [-0.2, 0) is 4.79 Å². The second-order valence-corrected chi connectivity index (χ2v) is 8.62. The molecule has 0 saturated heterocycles. The van der Waals surface area contributed by atoms with Gasteiger partial charge in [-0.2, -0.15) is 0 Å². The van der Waals surface area contributed by atoms with Gasteiger partial charge in [0.2, 0.25) is 0 Å². The van der Waals surface area contributed by atoms with E-state index < -0.39 is 17.9 Å². The van der Waals surface area contributed by atoms with E-state index in [0.717, 1.165) is 26.8 Å². The molecular formula is C28H23N3O3S. The largest absolute Gasteiger partial charge is 0.339 e. The van der Waals surface area contributed by atoms with Crippen LogP contribution in [0.15, 0.2) is 102 Å². The first-order chi connectivity index (χ1) is 17.1. The quantitative estimate of drug-likeness (QED) is 0.138. The van der Waals surface area contributed by atoms with Gasteiger partial charge in [0, 0.05) is 28.1 Å². The van der Waals surface area contributed by atoms with Gasteiger partial charge in [-0.3, -0.25) is 19.5 Å².